The molecule has 0 spiro atoms. The lowest BCUT2D eigenvalue weighted by atomic mass is 9.96. The molecule has 0 bridgehead atoms. The molecule has 1 saturated heterocycles. The van der Waals surface area contributed by atoms with Crippen LogP contribution in [0.15, 0.2) is 28.7 Å². The zero-order valence-electron chi connectivity index (χ0n) is 9.82. The Hall–Kier alpha value is -1.33. The highest BCUT2D eigenvalue weighted by atomic mass is 79.9. The number of halogens is 1. The predicted octanol–water partition coefficient (Wildman–Crippen LogP) is 2.93. The number of nitrogen functional groups attached to an aromatic ring is 1. The molecule has 3 rings (SSSR count). The molecule has 94 valence electrons. The molecule has 0 saturated carbocycles. The van der Waals surface area contributed by atoms with Gasteiger partial charge < -0.3 is 10.5 Å². The summed E-state index contributed by atoms with van der Waals surface area (Å²) in [6.45, 7) is 1.55. The summed E-state index contributed by atoms with van der Waals surface area (Å²) in [7, 11) is 0. The van der Waals surface area contributed by atoms with Gasteiger partial charge in [-0.2, -0.15) is 5.10 Å². The molecule has 1 aliphatic rings. The maximum Gasteiger partial charge on any atom is 0.153 e. The number of nitrogens with zero attached hydrogens (tertiary/aromatic N) is 1. The average Bonchev–Trinajstić information content (AvgIpc) is 2.99. The van der Waals surface area contributed by atoms with E-state index in [1.54, 1.807) is 0 Å². The van der Waals surface area contributed by atoms with Gasteiger partial charge in [-0.25, -0.2) is 0 Å². The van der Waals surface area contributed by atoms with Crippen LogP contribution in [0.4, 0.5) is 5.82 Å². The van der Waals surface area contributed by atoms with E-state index in [-0.39, 0.29) is 0 Å². The van der Waals surface area contributed by atoms with E-state index in [1.807, 2.05) is 24.3 Å². The fraction of sp³-hybridized carbons (Fsp3) is 0.308. The van der Waals surface area contributed by atoms with E-state index in [1.165, 1.54) is 0 Å². The van der Waals surface area contributed by atoms with E-state index in [0.717, 1.165) is 40.9 Å². The quantitative estimate of drug-likeness (QED) is 0.896. The number of ether oxygens (including phenoxy) is 1. The highest BCUT2D eigenvalue weighted by molar-refractivity contribution is 9.10. The molecule has 4 nitrogen and oxygen atoms in total. The number of benzene rings is 1. The second-order valence-corrected chi connectivity index (χ2v) is 5.38. The maximum atomic E-state index is 5.98. The van der Waals surface area contributed by atoms with Gasteiger partial charge in [0.25, 0.3) is 0 Å². The minimum Gasteiger partial charge on any atom is -0.382 e. The predicted molar refractivity (Wildman–Crippen MR) is 74.3 cm³/mol. The Morgan fingerprint density at radius 1 is 1.33 bits per heavy atom. The Morgan fingerprint density at radius 2 is 2.11 bits per heavy atom. The van der Waals surface area contributed by atoms with Crippen molar-refractivity contribution in [3.8, 4) is 11.1 Å². The van der Waals surface area contributed by atoms with Gasteiger partial charge in [0, 0.05) is 22.6 Å². The first-order valence-corrected chi connectivity index (χ1v) is 6.72. The van der Waals surface area contributed by atoms with Crippen molar-refractivity contribution in [2.75, 3.05) is 18.9 Å². The normalized spacial score (nSPS) is 19.3. The van der Waals surface area contributed by atoms with Crippen LogP contribution in [-0.2, 0) is 4.74 Å². The molecule has 2 heterocycles. The number of nitrogens with two attached hydrogens (primary N) is 1. The Kier molecular flexibility index (Phi) is 3.09. The van der Waals surface area contributed by atoms with Crippen molar-refractivity contribution in [2.24, 2.45) is 0 Å². The van der Waals surface area contributed by atoms with Crippen LogP contribution in [0.2, 0.25) is 0 Å². The lowest BCUT2D eigenvalue weighted by Crippen LogP contribution is -2.00. The highest BCUT2D eigenvalue weighted by Crippen LogP contribution is 2.36. The summed E-state index contributed by atoms with van der Waals surface area (Å²) < 4.78 is 6.49. The van der Waals surface area contributed by atoms with Crippen LogP contribution in [-0.4, -0.2) is 23.4 Å². The summed E-state index contributed by atoms with van der Waals surface area (Å²) in [5.41, 5.74) is 9.18. The molecule has 3 N–H and O–H groups in total. The highest BCUT2D eigenvalue weighted by Gasteiger charge is 2.24. The van der Waals surface area contributed by atoms with Crippen LogP contribution in [0.1, 0.15) is 18.0 Å². The summed E-state index contributed by atoms with van der Waals surface area (Å²) in [6, 6.07) is 8.11. The van der Waals surface area contributed by atoms with Crippen LogP contribution in [0.25, 0.3) is 11.1 Å². The largest absolute Gasteiger partial charge is 0.382 e. The summed E-state index contributed by atoms with van der Waals surface area (Å²) in [5, 5.41) is 7.21. The smallest absolute Gasteiger partial charge is 0.153 e. The number of anilines is 1. The average molecular weight is 308 g/mol. The maximum absolute atomic E-state index is 5.98. The number of aromatic amines is 1. The minimum atomic E-state index is 0.369. The number of H-pyrrole nitrogens is 1. The van der Waals surface area contributed by atoms with Crippen molar-refractivity contribution in [3.05, 3.63) is 34.4 Å². The van der Waals surface area contributed by atoms with Crippen LogP contribution in [0.3, 0.4) is 0 Å². The molecular weight excluding hydrogens is 294 g/mol. The van der Waals surface area contributed by atoms with E-state index in [9.17, 15) is 0 Å². The van der Waals surface area contributed by atoms with Gasteiger partial charge in [-0.05, 0) is 24.1 Å². The fourth-order valence-electron chi connectivity index (χ4n) is 2.35. The summed E-state index contributed by atoms with van der Waals surface area (Å²) in [5.74, 6) is 0.924. The number of hydrogen-bond acceptors (Lipinski definition) is 3. The van der Waals surface area contributed by atoms with Crippen molar-refractivity contribution < 1.29 is 4.74 Å². The van der Waals surface area contributed by atoms with Gasteiger partial charge in [-0.3, -0.25) is 5.10 Å². The molecule has 1 aliphatic heterocycles. The SMILES string of the molecule is Nc1n[nH]c(C2CCOC2)c1-c1ccc(Br)cc1. The molecule has 0 radical (unpaired) electrons. The summed E-state index contributed by atoms with van der Waals surface area (Å²) in [6.07, 6.45) is 1.02. The number of aromatic nitrogens is 2. The molecule has 5 heteroatoms. The van der Waals surface area contributed by atoms with E-state index in [0.29, 0.717) is 11.7 Å². The molecule has 1 atom stereocenters. The van der Waals surface area contributed by atoms with Crippen LogP contribution in [0, 0.1) is 0 Å². The number of hydrogen-bond donors (Lipinski definition) is 2. The van der Waals surface area contributed by atoms with Gasteiger partial charge >= 0.3 is 0 Å². The van der Waals surface area contributed by atoms with Gasteiger partial charge in [-0.1, -0.05) is 28.1 Å². The van der Waals surface area contributed by atoms with E-state index in [2.05, 4.69) is 26.1 Å². The van der Waals surface area contributed by atoms with Crippen LogP contribution >= 0.6 is 15.9 Å². The molecular formula is C13H14BrN3O. The summed E-state index contributed by atoms with van der Waals surface area (Å²) >= 11 is 3.44. The second-order valence-electron chi connectivity index (χ2n) is 4.46. The van der Waals surface area contributed by atoms with E-state index >= 15 is 0 Å². The Labute approximate surface area is 114 Å². The molecule has 1 aromatic carbocycles. The van der Waals surface area contributed by atoms with Gasteiger partial charge in [0.2, 0.25) is 0 Å². The molecule has 18 heavy (non-hydrogen) atoms. The molecule has 1 fully saturated rings. The van der Waals surface area contributed by atoms with Gasteiger partial charge in [0.05, 0.1) is 12.3 Å². The first-order valence-electron chi connectivity index (χ1n) is 5.93. The molecule has 0 amide bonds. The summed E-state index contributed by atoms with van der Waals surface area (Å²) in [4.78, 5) is 0. The number of rotatable bonds is 2. The molecule has 2 aromatic rings. The van der Waals surface area contributed by atoms with Gasteiger partial charge in [0.15, 0.2) is 5.82 Å². The van der Waals surface area contributed by atoms with Crippen molar-refractivity contribution in [2.45, 2.75) is 12.3 Å². The van der Waals surface area contributed by atoms with Gasteiger partial charge in [-0.15, -0.1) is 0 Å². The third kappa shape index (κ3) is 2.04. The van der Waals surface area contributed by atoms with Gasteiger partial charge in [0.1, 0.15) is 0 Å². The van der Waals surface area contributed by atoms with E-state index < -0.39 is 0 Å². The standard InChI is InChI=1S/C13H14BrN3O/c14-10-3-1-8(2-4-10)11-12(16-17-13(11)15)9-5-6-18-7-9/h1-4,9H,5-7H2,(H3,15,16,17). The van der Waals surface area contributed by atoms with Crippen LogP contribution in [0.5, 0.6) is 0 Å². The first-order chi connectivity index (χ1) is 8.75. The minimum absolute atomic E-state index is 0.369. The molecule has 0 aliphatic carbocycles. The zero-order valence-corrected chi connectivity index (χ0v) is 11.4. The Morgan fingerprint density at radius 3 is 2.78 bits per heavy atom. The Balaban J connectivity index is 2.04. The number of nitrogens with one attached hydrogen (secondary N) is 1. The lowest BCUT2D eigenvalue weighted by molar-refractivity contribution is 0.193. The van der Waals surface area contributed by atoms with Crippen molar-refractivity contribution in [1.82, 2.24) is 10.2 Å². The fourth-order valence-corrected chi connectivity index (χ4v) is 2.61. The van der Waals surface area contributed by atoms with Crippen molar-refractivity contribution >= 4 is 21.7 Å². The zero-order chi connectivity index (χ0) is 12.5. The lowest BCUT2D eigenvalue weighted by Gasteiger charge is -2.09. The molecule has 1 unspecified atom stereocenters. The van der Waals surface area contributed by atoms with Crippen molar-refractivity contribution in [3.63, 3.8) is 0 Å². The first kappa shape index (κ1) is 11.7. The third-order valence-corrected chi connectivity index (χ3v) is 3.82. The van der Waals surface area contributed by atoms with Crippen LogP contribution < -0.4 is 5.73 Å². The molecule has 1 aromatic heterocycles. The Bertz CT molecular complexity index is 544. The topological polar surface area (TPSA) is 63.9 Å². The van der Waals surface area contributed by atoms with E-state index in [4.69, 9.17) is 10.5 Å². The monoisotopic (exact) mass is 307 g/mol. The van der Waals surface area contributed by atoms with Crippen molar-refractivity contribution in [1.29, 1.82) is 0 Å². The third-order valence-electron chi connectivity index (χ3n) is 3.29. The second kappa shape index (κ2) is 4.74.